The van der Waals surface area contributed by atoms with Crippen LogP contribution >= 0.6 is 23.1 Å². The molecular formula is C13H13N5S2. The number of hydrogen-bond donors (Lipinski definition) is 1. The van der Waals surface area contributed by atoms with E-state index in [1.807, 2.05) is 13.0 Å². The zero-order valence-electron chi connectivity index (χ0n) is 11.1. The summed E-state index contributed by atoms with van der Waals surface area (Å²) in [6.07, 6.45) is 3.28. The fourth-order valence-corrected chi connectivity index (χ4v) is 3.54. The zero-order chi connectivity index (χ0) is 13.9. The lowest BCUT2D eigenvalue weighted by molar-refractivity contribution is 1.03. The molecule has 0 aliphatic heterocycles. The van der Waals surface area contributed by atoms with Crippen LogP contribution in [0.4, 0.5) is 5.95 Å². The quantitative estimate of drug-likeness (QED) is 0.746. The van der Waals surface area contributed by atoms with Gasteiger partial charge in [0.1, 0.15) is 21.2 Å². The molecule has 0 aliphatic rings. The van der Waals surface area contributed by atoms with E-state index in [4.69, 9.17) is 0 Å². The molecule has 0 aliphatic carbocycles. The first-order valence-corrected chi connectivity index (χ1v) is 7.85. The Labute approximate surface area is 124 Å². The average molecular weight is 303 g/mol. The molecule has 3 rings (SSSR count). The highest BCUT2D eigenvalue weighted by atomic mass is 32.2. The van der Waals surface area contributed by atoms with Gasteiger partial charge >= 0.3 is 0 Å². The third kappa shape index (κ3) is 2.73. The molecule has 0 fully saturated rings. The summed E-state index contributed by atoms with van der Waals surface area (Å²) in [5.74, 6) is 0.665. The van der Waals surface area contributed by atoms with Gasteiger partial charge in [-0.25, -0.2) is 19.9 Å². The molecule has 0 saturated carbocycles. The Bertz CT molecular complexity index is 726. The molecule has 0 spiro atoms. The van der Waals surface area contributed by atoms with Gasteiger partial charge in [-0.2, -0.15) is 0 Å². The minimum Gasteiger partial charge on any atom is -0.354 e. The van der Waals surface area contributed by atoms with Crippen LogP contribution in [-0.2, 0) is 0 Å². The van der Waals surface area contributed by atoms with E-state index < -0.39 is 0 Å². The Morgan fingerprint density at radius 2 is 2.25 bits per heavy atom. The minimum atomic E-state index is 0.665. The number of aryl methyl sites for hydroxylation is 1. The van der Waals surface area contributed by atoms with Crippen LogP contribution in [0.2, 0.25) is 0 Å². The topological polar surface area (TPSA) is 63.6 Å². The van der Waals surface area contributed by atoms with Crippen molar-refractivity contribution in [2.24, 2.45) is 0 Å². The number of nitrogens with zero attached hydrogens (tertiary/aromatic N) is 4. The van der Waals surface area contributed by atoms with E-state index in [-0.39, 0.29) is 0 Å². The van der Waals surface area contributed by atoms with Gasteiger partial charge in [0.05, 0.1) is 0 Å². The Morgan fingerprint density at radius 1 is 1.35 bits per heavy atom. The smallest absolute Gasteiger partial charge is 0.225 e. The predicted octanol–water partition coefficient (Wildman–Crippen LogP) is 3.37. The van der Waals surface area contributed by atoms with Crippen molar-refractivity contribution in [3.8, 4) is 0 Å². The molecule has 0 bridgehead atoms. The maximum atomic E-state index is 4.59. The van der Waals surface area contributed by atoms with Gasteiger partial charge in [-0.15, -0.1) is 11.3 Å². The lowest BCUT2D eigenvalue weighted by Crippen LogP contribution is -2.02. The van der Waals surface area contributed by atoms with Gasteiger partial charge < -0.3 is 5.32 Å². The summed E-state index contributed by atoms with van der Waals surface area (Å²) in [6.45, 7) is 4.91. The second kappa shape index (κ2) is 5.72. The Hall–Kier alpha value is -1.73. The zero-order valence-corrected chi connectivity index (χ0v) is 12.8. The van der Waals surface area contributed by atoms with E-state index in [2.05, 4.69) is 38.2 Å². The van der Waals surface area contributed by atoms with E-state index in [9.17, 15) is 0 Å². The van der Waals surface area contributed by atoms with E-state index >= 15 is 0 Å². The van der Waals surface area contributed by atoms with Gasteiger partial charge in [0, 0.05) is 23.0 Å². The molecule has 0 amide bonds. The maximum absolute atomic E-state index is 4.59. The van der Waals surface area contributed by atoms with Crippen LogP contribution in [0.1, 0.15) is 11.8 Å². The highest BCUT2D eigenvalue weighted by molar-refractivity contribution is 7.99. The molecule has 0 unspecified atom stereocenters. The van der Waals surface area contributed by atoms with Gasteiger partial charge in [0.15, 0.2) is 0 Å². The molecule has 1 N–H and O–H groups in total. The molecule has 102 valence electrons. The van der Waals surface area contributed by atoms with Crippen molar-refractivity contribution in [1.82, 2.24) is 19.9 Å². The van der Waals surface area contributed by atoms with E-state index in [0.29, 0.717) is 5.95 Å². The molecule has 0 radical (unpaired) electrons. The van der Waals surface area contributed by atoms with Gasteiger partial charge in [0.25, 0.3) is 0 Å². The lowest BCUT2D eigenvalue weighted by atomic mass is 10.4. The lowest BCUT2D eigenvalue weighted by Gasteiger charge is -2.05. The standard InChI is InChI=1S/C13H13N5S2/c1-3-15-13-17-11-9(6-8(2)19-11)12(18-13)20-10-4-5-14-7-16-10/h4-7H,3H2,1-2H3,(H,15,17,18). The van der Waals surface area contributed by atoms with E-state index in [1.165, 1.54) is 16.6 Å². The van der Waals surface area contributed by atoms with Crippen molar-refractivity contribution in [2.75, 3.05) is 11.9 Å². The monoisotopic (exact) mass is 303 g/mol. The van der Waals surface area contributed by atoms with Crippen molar-refractivity contribution in [3.05, 3.63) is 29.5 Å². The van der Waals surface area contributed by atoms with Gasteiger partial charge in [-0.05, 0) is 37.7 Å². The summed E-state index contributed by atoms with van der Waals surface area (Å²) in [4.78, 5) is 19.5. The highest BCUT2D eigenvalue weighted by Crippen LogP contribution is 2.34. The summed E-state index contributed by atoms with van der Waals surface area (Å²) in [6, 6.07) is 4.00. The van der Waals surface area contributed by atoms with Crippen molar-refractivity contribution >= 4 is 39.3 Å². The van der Waals surface area contributed by atoms with Crippen LogP contribution in [0.15, 0.2) is 34.7 Å². The van der Waals surface area contributed by atoms with Gasteiger partial charge in [-0.3, -0.25) is 0 Å². The minimum absolute atomic E-state index is 0.665. The summed E-state index contributed by atoms with van der Waals surface area (Å²) in [5.41, 5.74) is 0. The van der Waals surface area contributed by atoms with Crippen molar-refractivity contribution in [3.63, 3.8) is 0 Å². The number of hydrogen-bond acceptors (Lipinski definition) is 7. The largest absolute Gasteiger partial charge is 0.354 e. The van der Waals surface area contributed by atoms with E-state index in [1.54, 1.807) is 23.9 Å². The highest BCUT2D eigenvalue weighted by Gasteiger charge is 2.12. The van der Waals surface area contributed by atoms with Crippen LogP contribution in [0.5, 0.6) is 0 Å². The molecule has 0 aromatic carbocycles. The number of anilines is 1. The third-order valence-electron chi connectivity index (χ3n) is 2.57. The van der Waals surface area contributed by atoms with Crippen LogP contribution in [0.3, 0.4) is 0 Å². The molecule has 20 heavy (non-hydrogen) atoms. The van der Waals surface area contributed by atoms with Crippen molar-refractivity contribution in [2.45, 2.75) is 23.9 Å². The first-order valence-electron chi connectivity index (χ1n) is 6.22. The van der Waals surface area contributed by atoms with Crippen LogP contribution < -0.4 is 5.32 Å². The molecular weight excluding hydrogens is 290 g/mol. The summed E-state index contributed by atoms with van der Waals surface area (Å²) >= 11 is 3.21. The fraction of sp³-hybridized carbons (Fsp3) is 0.231. The maximum Gasteiger partial charge on any atom is 0.225 e. The summed E-state index contributed by atoms with van der Waals surface area (Å²) < 4.78 is 0. The van der Waals surface area contributed by atoms with Crippen LogP contribution in [0, 0.1) is 6.92 Å². The van der Waals surface area contributed by atoms with Gasteiger partial charge in [-0.1, -0.05) is 0 Å². The number of aromatic nitrogens is 4. The number of rotatable bonds is 4. The molecule has 3 aromatic heterocycles. The second-order valence-corrected chi connectivity index (χ2v) is 6.35. The first-order chi connectivity index (χ1) is 9.76. The SMILES string of the molecule is CCNc1nc(Sc2ccncn2)c2cc(C)sc2n1. The number of fused-ring (bicyclic) bond motifs is 1. The number of nitrogens with one attached hydrogen (secondary N) is 1. The van der Waals surface area contributed by atoms with Gasteiger partial charge in [0.2, 0.25) is 5.95 Å². The molecule has 3 aromatic rings. The summed E-state index contributed by atoms with van der Waals surface area (Å²) in [7, 11) is 0. The van der Waals surface area contributed by atoms with Crippen LogP contribution in [0.25, 0.3) is 10.2 Å². The van der Waals surface area contributed by atoms with Crippen molar-refractivity contribution < 1.29 is 0 Å². The normalized spacial score (nSPS) is 10.9. The Balaban J connectivity index is 2.07. The second-order valence-electron chi connectivity index (χ2n) is 4.11. The number of thiophene rings is 1. The fourth-order valence-electron chi connectivity index (χ4n) is 1.77. The van der Waals surface area contributed by atoms with E-state index in [0.717, 1.165) is 26.8 Å². The Kier molecular flexibility index (Phi) is 3.79. The summed E-state index contributed by atoms with van der Waals surface area (Å²) in [5, 5.41) is 6.06. The molecule has 0 saturated heterocycles. The molecule has 3 heterocycles. The molecule has 5 nitrogen and oxygen atoms in total. The first kappa shape index (κ1) is 13.3. The van der Waals surface area contributed by atoms with Crippen molar-refractivity contribution in [1.29, 1.82) is 0 Å². The average Bonchev–Trinajstić information content (AvgIpc) is 2.81. The third-order valence-corrected chi connectivity index (χ3v) is 4.47. The Morgan fingerprint density at radius 3 is 3.00 bits per heavy atom. The predicted molar refractivity (Wildman–Crippen MR) is 82.5 cm³/mol. The van der Waals surface area contributed by atoms with Crippen LogP contribution in [-0.4, -0.2) is 26.5 Å². The molecule has 0 atom stereocenters. The molecule has 7 heteroatoms.